The van der Waals surface area contributed by atoms with Crippen LogP contribution in [0.3, 0.4) is 0 Å². The highest BCUT2D eigenvalue weighted by Crippen LogP contribution is 2.30. The average molecular weight is 324 g/mol. The molecule has 4 heteroatoms. The molecule has 0 saturated carbocycles. The molecule has 1 heterocycles. The topological polar surface area (TPSA) is 50.4 Å². The zero-order chi connectivity index (χ0) is 16.9. The van der Waals surface area contributed by atoms with Gasteiger partial charge in [0.15, 0.2) is 0 Å². The van der Waals surface area contributed by atoms with E-state index in [2.05, 4.69) is 22.8 Å². The molecule has 1 aliphatic rings. The summed E-state index contributed by atoms with van der Waals surface area (Å²) in [5.74, 6) is 1.09. The lowest BCUT2D eigenvalue weighted by molar-refractivity contribution is -0.125. The van der Waals surface area contributed by atoms with Gasteiger partial charge < -0.3 is 15.4 Å². The fourth-order valence-electron chi connectivity index (χ4n) is 3.30. The number of methoxy groups -OCH3 is 1. The van der Waals surface area contributed by atoms with E-state index < -0.39 is 0 Å². The molecule has 0 radical (unpaired) electrons. The van der Waals surface area contributed by atoms with Gasteiger partial charge >= 0.3 is 0 Å². The molecule has 24 heavy (non-hydrogen) atoms. The molecule has 1 aliphatic heterocycles. The van der Waals surface area contributed by atoms with Crippen LogP contribution >= 0.6 is 0 Å². The predicted molar refractivity (Wildman–Crippen MR) is 95.1 cm³/mol. The van der Waals surface area contributed by atoms with Crippen molar-refractivity contribution in [2.45, 2.75) is 18.9 Å². The minimum atomic E-state index is -0.0513. The Kier molecular flexibility index (Phi) is 5.16. The fourth-order valence-corrected chi connectivity index (χ4v) is 3.30. The van der Waals surface area contributed by atoms with Crippen LogP contribution in [-0.2, 0) is 4.79 Å². The standard InChI is InChI=1S/C20H24N2O2/c1-14(15-6-4-3-5-7-15)22-20(23)19-13-21-12-18(19)16-8-10-17(24-2)11-9-16/h3-11,14,18-19,21H,12-13H2,1-2H3,(H,22,23). The second-order valence-electron chi connectivity index (χ2n) is 6.29. The monoisotopic (exact) mass is 324 g/mol. The molecule has 0 aliphatic carbocycles. The molecule has 1 amide bonds. The highest BCUT2D eigenvalue weighted by atomic mass is 16.5. The van der Waals surface area contributed by atoms with Gasteiger partial charge in [0, 0.05) is 19.0 Å². The molecule has 2 N–H and O–H groups in total. The van der Waals surface area contributed by atoms with Crippen molar-refractivity contribution in [2.24, 2.45) is 5.92 Å². The molecule has 3 atom stereocenters. The molecular formula is C20H24N2O2. The molecule has 0 aromatic heterocycles. The van der Waals surface area contributed by atoms with E-state index in [-0.39, 0.29) is 23.8 Å². The van der Waals surface area contributed by atoms with E-state index in [0.29, 0.717) is 6.54 Å². The summed E-state index contributed by atoms with van der Waals surface area (Å²) in [4.78, 5) is 12.8. The number of ether oxygens (including phenoxy) is 1. The van der Waals surface area contributed by atoms with Gasteiger partial charge in [0.1, 0.15) is 5.75 Å². The number of nitrogens with one attached hydrogen (secondary N) is 2. The number of carbonyl (C=O) groups excluding carboxylic acids is 1. The molecule has 1 saturated heterocycles. The van der Waals surface area contributed by atoms with Crippen LogP contribution in [-0.4, -0.2) is 26.1 Å². The van der Waals surface area contributed by atoms with Gasteiger partial charge in [-0.3, -0.25) is 4.79 Å². The van der Waals surface area contributed by atoms with Crippen molar-refractivity contribution in [1.82, 2.24) is 10.6 Å². The number of hydrogen-bond acceptors (Lipinski definition) is 3. The Morgan fingerprint density at radius 3 is 2.50 bits per heavy atom. The first kappa shape index (κ1) is 16.5. The van der Waals surface area contributed by atoms with Gasteiger partial charge in [0.2, 0.25) is 5.91 Å². The molecule has 2 aromatic rings. The minimum Gasteiger partial charge on any atom is -0.497 e. The molecule has 3 rings (SSSR count). The number of amides is 1. The van der Waals surface area contributed by atoms with E-state index >= 15 is 0 Å². The van der Waals surface area contributed by atoms with Crippen LogP contribution < -0.4 is 15.4 Å². The first-order chi connectivity index (χ1) is 11.7. The maximum Gasteiger partial charge on any atom is 0.225 e. The lowest BCUT2D eigenvalue weighted by Crippen LogP contribution is -2.36. The molecule has 2 aromatic carbocycles. The summed E-state index contributed by atoms with van der Waals surface area (Å²) in [5, 5.41) is 6.51. The Balaban J connectivity index is 1.69. The van der Waals surface area contributed by atoms with Crippen LogP contribution in [0.25, 0.3) is 0 Å². The fraction of sp³-hybridized carbons (Fsp3) is 0.350. The summed E-state index contributed by atoms with van der Waals surface area (Å²) in [6.45, 7) is 3.56. The van der Waals surface area contributed by atoms with Crippen molar-refractivity contribution in [3.05, 3.63) is 65.7 Å². The third kappa shape index (κ3) is 3.60. The third-order valence-corrected chi connectivity index (χ3v) is 4.75. The van der Waals surface area contributed by atoms with Crippen LogP contribution in [0.2, 0.25) is 0 Å². The largest absolute Gasteiger partial charge is 0.497 e. The summed E-state index contributed by atoms with van der Waals surface area (Å²) < 4.78 is 5.21. The van der Waals surface area contributed by atoms with Gasteiger partial charge in [-0.2, -0.15) is 0 Å². The third-order valence-electron chi connectivity index (χ3n) is 4.75. The van der Waals surface area contributed by atoms with Crippen molar-refractivity contribution in [3.63, 3.8) is 0 Å². The lowest BCUT2D eigenvalue weighted by Gasteiger charge is -2.22. The van der Waals surface area contributed by atoms with Gasteiger partial charge in [-0.1, -0.05) is 42.5 Å². The zero-order valence-corrected chi connectivity index (χ0v) is 14.2. The van der Waals surface area contributed by atoms with E-state index in [9.17, 15) is 4.79 Å². The number of hydrogen-bond donors (Lipinski definition) is 2. The Labute approximate surface area is 143 Å². The smallest absolute Gasteiger partial charge is 0.225 e. The molecule has 3 unspecified atom stereocenters. The highest BCUT2D eigenvalue weighted by Gasteiger charge is 2.34. The Morgan fingerprint density at radius 2 is 1.83 bits per heavy atom. The molecule has 1 fully saturated rings. The summed E-state index contributed by atoms with van der Waals surface area (Å²) in [7, 11) is 1.66. The summed E-state index contributed by atoms with van der Waals surface area (Å²) in [6.07, 6.45) is 0. The molecule has 4 nitrogen and oxygen atoms in total. The SMILES string of the molecule is COc1ccc(C2CNCC2C(=O)NC(C)c2ccccc2)cc1. The van der Waals surface area contributed by atoms with E-state index in [1.165, 1.54) is 5.56 Å². The van der Waals surface area contributed by atoms with E-state index in [1.54, 1.807) is 7.11 Å². The van der Waals surface area contributed by atoms with Crippen LogP contribution in [0, 0.1) is 5.92 Å². The van der Waals surface area contributed by atoms with Crippen LogP contribution in [0.4, 0.5) is 0 Å². The van der Waals surface area contributed by atoms with Gasteiger partial charge in [0.25, 0.3) is 0 Å². The van der Waals surface area contributed by atoms with E-state index in [0.717, 1.165) is 17.9 Å². The molecule has 126 valence electrons. The maximum atomic E-state index is 12.8. The zero-order valence-electron chi connectivity index (χ0n) is 14.2. The highest BCUT2D eigenvalue weighted by molar-refractivity contribution is 5.81. The summed E-state index contributed by atoms with van der Waals surface area (Å²) >= 11 is 0. The quantitative estimate of drug-likeness (QED) is 0.889. The van der Waals surface area contributed by atoms with Crippen molar-refractivity contribution in [3.8, 4) is 5.75 Å². The first-order valence-corrected chi connectivity index (χ1v) is 8.39. The molecule has 0 bridgehead atoms. The predicted octanol–water partition coefficient (Wildman–Crippen LogP) is 2.88. The van der Waals surface area contributed by atoms with E-state index in [1.807, 2.05) is 49.4 Å². The molecule has 0 spiro atoms. The van der Waals surface area contributed by atoms with Crippen molar-refractivity contribution < 1.29 is 9.53 Å². The molecular weight excluding hydrogens is 300 g/mol. The Hall–Kier alpha value is -2.33. The van der Waals surface area contributed by atoms with Gasteiger partial charge in [-0.05, 0) is 30.2 Å². The second-order valence-corrected chi connectivity index (χ2v) is 6.29. The number of carbonyl (C=O) groups is 1. The summed E-state index contributed by atoms with van der Waals surface area (Å²) in [6, 6.07) is 18.1. The van der Waals surface area contributed by atoms with Crippen LogP contribution in [0.5, 0.6) is 5.75 Å². The van der Waals surface area contributed by atoms with Crippen molar-refractivity contribution in [1.29, 1.82) is 0 Å². The number of rotatable bonds is 5. The van der Waals surface area contributed by atoms with Gasteiger partial charge in [-0.15, -0.1) is 0 Å². The van der Waals surface area contributed by atoms with E-state index in [4.69, 9.17) is 4.74 Å². The first-order valence-electron chi connectivity index (χ1n) is 8.39. The number of benzene rings is 2. The van der Waals surface area contributed by atoms with Crippen molar-refractivity contribution >= 4 is 5.91 Å². The van der Waals surface area contributed by atoms with Gasteiger partial charge in [-0.25, -0.2) is 0 Å². The van der Waals surface area contributed by atoms with Crippen molar-refractivity contribution in [2.75, 3.05) is 20.2 Å². The Morgan fingerprint density at radius 1 is 1.12 bits per heavy atom. The Bertz CT molecular complexity index is 670. The second kappa shape index (κ2) is 7.49. The average Bonchev–Trinajstić information content (AvgIpc) is 3.12. The van der Waals surface area contributed by atoms with Crippen LogP contribution in [0.15, 0.2) is 54.6 Å². The summed E-state index contributed by atoms with van der Waals surface area (Å²) in [5.41, 5.74) is 2.30. The minimum absolute atomic E-state index is 0.0100. The van der Waals surface area contributed by atoms with Gasteiger partial charge in [0.05, 0.1) is 19.1 Å². The lowest BCUT2D eigenvalue weighted by atomic mass is 9.88. The van der Waals surface area contributed by atoms with Crippen LogP contribution in [0.1, 0.15) is 30.0 Å². The normalized spacial score (nSPS) is 21.2. The maximum absolute atomic E-state index is 12.8.